The fourth-order valence-corrected chi connectivity index (χ4v) is 2.28. The van der Waals surface area contributed by atoms with Crippen molar-refractivity contribution in [3.05, 3.63) is 42.0 Å². The van der Waals surface area contributed by atoms with Crippen molar-refractivity contribution < 1.29 is 4.74 Å². The molecule has 2 rings (SSSR count). The molecule has 2 nitrogen and oxygen atoms in total. The van der Waals surface area contributed by atoms with Gasteiger partial charge < -0.3 is 10.5 Å². The number of nitrogens with two attached hydrogens (primary N) is 1. The number of hydrogen-bond donors (Lipinski definition) is 1. The minimum absolute atomic E-state index is 0.190. The molecule has 0 heterocycles. The van der Waals surface area contributed by atoms with Crippen molar-refractivity contribution in [2.75, 3.05) is 6.61 Å². The van der Waals surface area contributed by atoms with E-state index >= 15 is 0 Å². The van der Waals surface area contributed by atoms with E-state index in [0.29, 0.717) is 0 Å². The van der Waals surface area contributed by atoms with Crippen molar-refractivity contribution in [2.45, 2.75) is 39.2 Å². The predicted molar refractivity (Wildman–Crippen MR) is 81.7 cm³/mol. The Balaban J connectivity index is 2.44. The first-order valence-corrected chi connectivity index (χ1v) is 7.15. The van der Waals surface area contributed by atoms with E-state index in [9.17, 15) is 0 Å². The van der Waals surface area contributed by atoms with Crippen LogP contribution in [0, 0.1) is 0 Å². The summed E-state index contributed by atoms with van der Waals surface area (Å²) in [6.07, 6.45) is 2.87. The van der Waals surface area contributed by atoms with Crippen LogP contribution in [0.5, 0.6) is 5.75 Å². The second-order valence-corrected chi connectivity index (χ2v) is 4.98. The van der Waals surface area contributed by atoms with E-state index in [1.165, 1.54) is 16.3 Å². The highest BCUT2D eigenvalue weighted by atomic mass is 16.5. The van der Waals surface area contributed by atoms with Crippen molar-refractivity contribution >= 4 is 10.8 Å². The van der Waals surface area contributed by atoms with Gasteiger partial charge in [-0.2, -0.15) is 0 Å². The Labute approximate surface area is 115 Å². The largest absolute Gasteiger partial charge is 0.493 e. The highest BCUT2D eigenvalue weighted by Crippen LogP contribution is 2.29. The highest BCUT2D eigenvalue weighted by Gasteiger charge is 2.11. The van der Waals surface area contributed by atoms with E-state index in [1.807, 2.05) is 0 Å². The molecule has 0 spiro atoms. The molecule has 19 heavy (non-hydrogen) atoms. The normalized spacial score (nSPS) is 12.6. The molecule has 0 aliphatic heterocycles. The topological polar surface area (TPSA) is 35.2 Å². The van der Waals surface area contributed by atoms with Gasteiger partial charge in [-0.1, -0.05) is 44.2 Å². The van der Waals surface area contributed by atoms with Crippen LogP contribution in [-0.2, 0) is 6.42 Å². The molecule has 0 aliphatic rings. The molecule has 1 unspecified atom stereocenters. The van der Waals surface area contributed by atoms with E-state index in [2.05, 4.69) is 50.2 Å². The molecule has 0 bridgehead atoms. The third-order valence-corrected chi connectivity index (χ3v) is 3.45. The van der Waals surface area contributed by atoms with Crippen LogP contribution in [0.25, 0.3) is 10.8 Å². The number of fused-ring (bicyclic) bond motifs is 1. The van der Waals surface area contributed by atoms with Crippen LogP contribution in [0.2, 0.25) is 0 Å². The van der Waals surface area contributed by atoms with Crippen LogP contribution >= 0.6 is 0 Å². The molecule has 2 aromatic carbocycles. The van der Waals surface area contributed by atoms with Crippen LogP contribution in [-0.4, -0.2) is 12.6 Å². The van der Waals surface area contributed by atoms with E-state index < -0.39 is 0 Å². The first-order valence-electron chi connectivity index (χ1n) is 7.15. The number of rotatable bonds is 6. The molecule has 0 saturated carbocycles. The lowest BCUT2D eigenvalue weighted by Gasteiger charge is -2.16. The lowest BCUT2D eigenvalue weighted by atomic mass is 9.97. The summed E-state index contributed by atoms with van der Waals surface area (Å²) < 4.78 is 5.88. The summed E-state index contributed by atoms with van der Waals surface area (Å²) in [6.45, 7) is 5.01. The summed E-state index contributed by atoms with van der Waals surface area (Å²) in [6, 6.07) is 12.8. The average Bonchev–Trinajstić information content (AvgIpc) is 2.46. The fourth-order valence-electron chi connectivity index (χ4n) is 2.28. The summed E-state index contributed by atoms with van der Waals surface area (Å²) in [5, 5.41) is 2.52. The number of ether oxygens (including phenoxy) is 1. The molecule has 2 aromatic rings. The molecule has 102 valence electrons. The molecule has 0 radical (unpaired) electrons. The quantitative estimate of drug-likeness (QED) is 0.851. The van der Waals surface area contributed by atoms with Gasteiger partial charge in [-0.25, -0.2) is 0 Å². The molecule has 1 atom stereocenters. The Bertz CT molecular complexity index is 536. The second kappa shape index (κ2) is 6.58. The lowest BCUT2D eigenvalue weighted by Crippen LogP contribution is -2.22. The third-order valence-electron chi connectivity index (χ3n) is 3.45. The smallest absolute Gasteiger partial charge is 0.123 e. The summed E-state index contributed by atoms with van der Waals surface area (Å²) in [7, 11) is 0. The van der Waals surface area contributed by atoms with Gasteiger partial charge in [0, 0.05) is 11.6 Å². The zero-order valence-electron chi connectivity index (χ0n) is 11.9. The van der Waals surface area contributed by atoms with Gasteiger partial charge in [-0.15, -0.1) is 0 Å². The fraction of sp³-hybridized carbons (Fsp3) is 0.412. The maximum Gasteiger partial charge on any atom is 0.123 e. The van der Waals surface area contributed by atoms with Crippen LogP contribution in [0.15, 0.2) is 36.4 Å². The van der Waals surface area contributed by atoms with Crippen molar-refractivity contribution in [1.82, 2.24) is 0 Å². The molecule has 0 fully saturated rings. The van der Waals surface area contributed by atoms with Crippen LogP contribution < -0.4 is 10.5 Å². The van der Waals surface area contributed by atoms with Gasteiger partial charge in [0.2, 0.25) is 0 Å². The van der Waals surface area contributed by atoms with Gasteiger partial charge in [-0.05, 0) is 36.1 Å². The average molecular weight is 257 g/mol. The SMILES string of the molecule is CCCOc1ccc2ccccc2c1CC(N)CC. The molecule has 2 heteroatoms. The molecule has 2 N–H and O–H groups in total. The number of hydrogen-bond acceptors (Lipinski definition) is 2. The maximum atomic E-state index is 6.14. The molecular weight excluding hydrogens is 234 g/mol. The van der Waals surface area contributed by atoms with Crippen molar-refractivity contribution in [3.8, 4) is 5.75 Å². The van der Waals surface area contributed by atoms with Gasteiger partial charge in [0.05, 0.1) is 6.61 Å². The Morgan fingerprint density at radius 2 is 1.89 bits per heavy atom. The van der Waals surface area contributed by atoms with E-state index in [4.69, 9.17) is 10.5 Å². The lowest BCUT2D eigenvalue weighted by molar-refractivity contribution is 0.314. The van der Waals surface area contributed by atoms with Crippen molar-refractivity contribution in [3.63, 3.8) is 0 Å². The van der Waals surface area contributed by atoms with Crippen LogP contribution in [0.3, 0.4) is 0 Å². The van der Waals surface area contributed by atoms with Gasteiger partial charge in [0.1, 0.15) is 5.75 Å². The van der Waals surface area contributed by atoms with Crippen molar-refractivity contribution in [1.29, 1.82) is 0 Å². The Hall–Kier alpha value is -1.54. The molecule has 0 aromatic heterocycles. The summed E-state index contributed by atoms with van der Waals surface area (Å²) in [4.78, 5) is 0. The first-order chi connectivity index (χ1) is 9.26. The number of benzene rings is 2. The Morgan fingerprint density at radius 1 is 1.11 bits per heavy atom. The van der Waals surface area contributed by atoms with Gasteiger partial charge in [0.25, 0.3) is 0 Å². The minimum Gasteiger partial charge on any atom is -0.493 e. The van der Waals surface area contributed by atoms with Crippen molar-refractivity contribution in [2.24, 2.45) is 5.73 Å². The standard InChI is InChI=1S/C17H23NO/c1-3-11-19-17-10-9-13-7-5-6-8-15(13)16(17)12-14(18)4-2/h5-10,14H,3-4,11-12,18H2,1-2H3. The van der Waals surface area contributed by atoms with Crippen LogP contribution in [0.4, 0.5) is 0 Å². The molecule has 0 saturated heterocycles. The monoisotopic (exact) mass is 257 g/mol. The van der Waals surface area contributed by atoms with E-state index in [0.717, 1.165) is 31.6 Å². The summed E-state index contributed by atoms with van der Waals surface area (Å²) in [5.74, 6) is 0.990. The summed E-state index contributed by atoms with van der Waals surface area (Å²) >= 11 is 0. The zero-order chi connectivity index (χ0) is 13.7. The van der Waals surface area contributed by atoms with E-state index in [-0.39, 0.29) is 6.04 Å². The van der Waals surface area contributed by atoms with Gasteiger partial charge in [-0.3, -0.25) is 0 Å². The molecular formula is C17H23NO. The van der Waals surface area contributed by atoms with Crippen LogP contribution in [0.1, 0.15) is 32.3 Å². The van der Waals surface area contributed by atoms with Gasteiger partial charge >= 0.3 is 0 Å². The third kappa shape index (κ3) is 3.27. The van der Waals surface area contributed by atoms with Gasteiger partial charge in [0.15, 0.2) is 0 Å². The predicted octanol–water partition coefficient (Wildman–Crippen LogP) is 3.91. The highest BCUT2D eigenvalue weighted by molar-refractivity contribution is 5.87. The molecule has 0 amide bonds. The Morgan fingerprint density at radius 3 is 2.63 bits per heavy atom. The minimum atomic E-state index is 0.190. The first kappa shape index (κ1) is 13.9. The molecule has 0 aliphatic carbocycles. The second-order valence-electron chi connectivity index (χ2n) is 4.98. The summed E-state index contributed by atoms with van der Waals surface area (Å²) in [5.41, 5.74) is 7.39. The van der Waals surface area contributed by atoms with E-state index in [1.54, 1.807) is 0 Å². The maximum absolute atomic E-state index is 6.14. The Kier molecular flexibility index (Phi) is 4.80. The zero-order valence-corrected chi connectivity index (χ0v) is 11.9.